The highest BCUT2D eigenvalue weighted by atomic mass is 79.9. The highest BCUT2D eigenvalue weighted by Crippen LogP contribution is 2.47. The number of rotatable bonds is 13. The molecule has 0 aliphatic carbocycles. The lowest BCUT2D eigenvalue weighted by molar-refractivity contribution is -0.142. The van der Waals surface area contributed by atoms with E-state index < -0.39 is 17.5 Å². The summed E-state index contributed by atoms with van der Waals surface area (Å²) < 4.78 is 75.6. The highest BCUT2D eigenvalue weighted by Gasteiger charge is 2.42. The standard InChI is InChI=1S/C22H17FN2O.C21H16O.C19H17FO2.C18H15FO2.C17H12BrFS.C17H13N3S.CH4/c1-14-5-7-16(8-6-14)20-21(17-9-11-18(23)12-10-17)25-13-3-4-19(15(2)26)22(25)24-20;1-15-11-13-17(14-12-15)21-20(16-7-3-2-4-8-16)18-9-5-6-10-19(18)22-21;1-12-7-9-13(10-8-12)17-16(18(21)22-19(17,2)3)14-5-4-6-15(20)11-14;1-11-3-6-13(7-4-11)15-10-21-18(20)17(15)14-8-5-12(2)16(19)9-14;1-11-2-4-12(5-3-11)15-10-16(18)20-17(15)13-6-8-14(19)9-7-13;1-12-7-9-14(10-8-12)16-15(13-5-3-2-4-6-13)20-17(21-16)18-11-19-20;/h3-13H,1-2H3;2-14H,1H3;4-11H,1-3H3;3-9H,10H2,1-2H3;2-10H,1H3;2-11H,1H3;1H4. The molecule has 13 aromatic carbocycles. The van der Waals surface area contributed by atoms with Crippen molar-refractivity contribution >= 4 is 100 Å². The van der Waals surface area contributed by atoms with Crippen LogP contribution in [0, 0.1) is 71.7 Å². The fourth-order valence-corrected chi connectivity index (χ4v) is 18.5. The molecule has 133 heavy (non-hydrogen) atoms. The van der Waals surface area contributed by atoms with Crippen LogP contribution in [0.1, 0.15) is 99.8 Å². The summed E-state index contributed by atoms with van der Waals surface area (Å²) >= 11 is 6.89. The molecule has 0 unspecified atom stereocenters. The molecule has 0 radical (unpaired) electrons. The van der Waals surface area contributed by atoms with Gasteiger partial charge in [0.1, 0.15) is 58.8 Å². The maximum absolute atomic E-state index is 13.8. The first-order chi connectivity index (χ1) is 63.8. The number of Topliss-reactive ketones (excluding diaryl/α,β-unsaturated/α-hetero) is 1. The molecule has 0 fully saturated rings. The Morgan fingerprint density at radius 2 is 0.932 bits per heavy atom. The Morgan fingerprint density at radius 3 is 1.51 bits per heavy atom. The minimum absolute atomic E-state index is 0. The second-order valence-corrected chi connectivity index (χ2v) is 36.2. The number of aryl methyl sites for hydroxylation is 7. The minimum Gasteiger partial charge on any atom is -0.457 e. The topological polar surface area (TPSA) is 130 Å². The van der Waals surface area contributed by atoms with Crippen molar-refractivity contribution in [3.8, 4) is 88.2 Å². The maximum atomic E-state index is 13.8. The molecule has 18 heteroatoms. The Balaban J connectivity index is 0.000000122. The van der Waals surface area contributed by atoms with E-state index in [1.54, 1.807) is 78.4 Å². The van der Waals surface area contributed by atoms with Gasteiger partial charge < -0.3 is 13.9 Å². The van der Waals surface area contributed by atoms with Crippen LogP contribution >= 0.6 is 38.6 Å². The van der Waals surface area contributed by atoms with E-state index in [0.717, 1.165) is 114 Å². The molecule has 662 valence electrons. The number of furan rings is 1. The quantitative estimate of drug-likeness (QED) is 0.0629. The van der Waals surface area contributed by atoms with Crippen LogP contribution in [-0.2, 0) is 19.1 Å². The SMILES string of the molecule is C.CC(=O)c1cccn2c(-c3ccc(F)cc3)c(-c3ccc(C)cc3)nc12.Cc1ccc(-c2cc(Br)sc2-c2ccc(F)cc2)cc1.Cc1ccc(-c2oc3ccccc3c2-c2ccccc2)cc1.Cc1ccc(-c2sc3ncnn3c2-c2ccccc2)cc1.Cc1ccc(C2=C(c3ccc(C)c(F)c3)C(=O)OC2)cc1.Cc1ccc(C2=C(c3cccc(F)c3)C(=O)OC2(C)C)cc1. The number of halogens is 5. The van der Waals surface area contributed by atoms with Gasteiger partial charge in [0.25, 0.3) is 0 Å². The fourth-order valence-electron chi connectivity index (χ4n) is 15.8. The molecule has 0 N–H and O–H groups in total. The molecular weight excluding hydrogens is 1770 g/mol. The third-order valence-electron chi connectivity index (χ3n) is 22.7. The van der Waals surface area contributed by atoms with Crippen LogP contribution in [0.2, 0.25) is 0 Å². The summed E-state index contributed by atoms with van der Waals surface area (Å²) in [5.74, 6) is -1.09. The number of ether oxygens (including phenoxy) is 2. The molecule has 21 rings (SSSR count). The first kappa shape index (κ1) is 92.9. The number of pyridine rings is 1. The van der Waals surface area contributed by atoms with Gasteiger partial charge in [0.2, 0.25) is 4.96 Å². The molecule has 11 nitrogen and oxygen atoms in total. The molecule has 0 atom stereocenters. The average molecular weight is 1860 g/mol. The average Bonchev–Trinajstić information content (AvgIpc) is 1.61. The van der Waals surface area contributed by atoms with Crippen molar-refractivity contribution in [2.45, 2.75) is 82.3 Å². The number of benzene rings is 13. The molecule has 0 bridgehead atoms. The van der Waals surface area contributed by atoms with Crippen LogP contribution in [0.3, 0.4) is 0 Å². The van der Waals surface area contributed by atoms with Crippen molar-refractivity contribution in [1.29, 1.82) is 0 Å². The van der Waals surface area contributed by atoms with E-state index in [1.165, 1.54) is 98.8 Å². The number of cyclic esters (lactones) is 2. The Kier molecular flexibility index (Phi) is 28.7. The van der Waals surface area contributed by atoms with Crippen molar-refractivity contribution in [1.82, 2.24) is 24.0 Å². The van der Waals surface area contributed by atoms with Crippen molar-refractivity contribution < 1.29 is 45.8 Å². The van der Waals surface area contributed by atoms with E-state index >= 15 is 0 Å². The largest absolute Gasteiger partial charge is 0.457 e. The van der Waals surface area contributed by atoms with Crippen LogP contribution in [0.5, 0.6) is 0 Å². The number of hydrogen-bond acceptors (Lipinski definition) is 11. The zero-order chi connectivity index (χ0) is 92.4. The van der Waals surface area contributed by atoms with Crippen molar-refractivity contribution in [2.75, 3.05) is 6.61 Å². The van der Waals surface area contributed by atoms with E-state index in [4.69, 9.17) is 18.9 Å². The molecule has 0 saturated heterocycles. The van der Waals surface area contributed by atoms with Crippen LogP contribution in [-0.4, -0.2) is 53.9 Å². The van der Waals surface area contributed by atoms with Crippen LogP contribution in [0.15, 0.2) is 360 Å². The zero-order valence-corrected chi connectivity index (χ0v) is 77.3. The summed E-state index contributed by atoms with van der Waals surface area (Å²) in [7, 11) is 0. The van der Waals surface area contributed by atoms with Gasteiger partial charge in [0.05, 0.1) is 42.5 Å². The number of hydrogen-bond donors (Lipinski definition) is 0. The number of thiophene rings is 1. The predicted octanol–water partition coefficient (Wildman–Crippen LogP) is 31.0. The fraction of sp³-hybridized carbons (Fsp3) is 0.113. The third-order valence-corrected chi connectivity index (χ3v) is 25.5. The summed E-state index contributed by atoms with van der Waals surface area (Å²) in [5, 5.41) is 5.53. The number of carbonyl (C=O) groups excluding carboxylic acids is 3. The number of fused-ring (bicyclic) bond motifs is 3. The van der Waals surface area contributed by atoms with Gasteiger partial charge in [-0.1, -0.05) is 313 Å². The van der Waals surface area contributed by atoms with Crippen LogP contribution < -0.4 is 0 Å². The van der Waals surface area contributed by atoms with Gasteiger partial charge in [-0.25, -0.2) is 41.6 Å². The normalized spacial score (nSPS) is 12.4. The number of ketones is 1. The Morgan fingerprint density at radius 1 is 0.444 bits per heavy atom. The number of nitrogens with zero attached hydrogens (tertiary/aromatic N) is 5. The molecule has 2 aliphatic heterocycles. The van der Waals surface area contributed by atoms with E-state index in [9.17, 15) is 31.9 Å². The zero-order valence-electron chi connectivity index (χ0n) is 74.1. The van der Waals surface area contributed by atoms with E-state index in [1.807, 2.05) is 165 Å². The number of thiazole rings is 1. The Labute approximate surface area is 787 Å². The van der Waals surface area contributed by atoms with Gasteiger partial charge in [0, 0.05) is 61.0 Å². The van der Waals surface area contributed by atoms with E-state index in [0.29, 0.717) is 39.0 Å². The summed E-state index contributed by atoms with van der Waals surface area (Å²) in [5.41, 5.74) is 28.3. The highest BCUT2D eigenvalue weighted by molar-refractivity contribution is 9.11. The first-order valence-electron chi connectivity index (χ1n) is 42.9. The van der Waals surface area contributed by atoms with Crippen LogP contribution in [0.4, 0.5) is 17.6 Å². The number of imidazole rings is 1. The second-order valence-electron chi connectivity index (χ2n) is 32.8. The van der Waals surface area contributed by atoms with Crippen molar-refractivity contribution in [2.24, 2.45) is 0 Å². The summed E-state index contributed by atoms with van der Waals surface area (Å²) in [6, 6.07) is 108. The lowest BCUT2D eigenvalue weighted by atomic mass is 9.86. The lowest BCUT2D eigenvalue weighted by Crippen LogP contribution is -2.22. The van der Waals surface area contributed by atoms with Gasteiger partial charge in [-0.2, -0.15) is 5.10 Å². The van der Waals surface area contributed by atoms with Gasteiger partial charge in [0.15, 0.2) is 5.78 Å². The Bertz CT molecular complexity index is 7410. The number of para-hydroxylation sites is 1. The molecule has 0 spiro atoms. The van der Waals surface area contributed by atoms with E-state index in [2.05, 4.69) is 186 Å². The molecule has 19 aromatic rings. The van der Waals surface area contributed by atoms with Crippen LogP contribution in [0.25, 0.3) is 132 Å². The molecule has 0 amide bonds. The summed E-state index contributed by atoms with van der Waals surface area (Å²) in [6.07, 6.45) is 3.49. The molecule has 8 heterocycles. The number of carbonyl (C=O) groups is 3. The summed E-state index contributed by atoms with van der Waals surface area (Å²) in [4.78, 5) is 48.8. The van der Waals surface area contributed by atoms with Gasteiger partial charge >= 0.3 is 11.9 Å². The van der Waals surface area contributed by atoms with Crippen molar-refractivity contribution in [3.63, 3.8) is 0 Å². The molecular formula is C115H94BrF4N5O6S2. The molecule has 6 aromatic heterocycles. The third kappa shape index (κ3) is 21.1. The molecule has 0 saturated carbocycles. The van der Waals surface area contributed by atoms with Gasteiger partial charge in [-0.15, -0.1) is 11.3 Å². The monoisotopic (exact) mass is 1860 g/mol. The summed E-state index contributed by atoms with van der Waals surface area (Å²) in [6.45, 7) is 19.5. The number of esters is 2. The van der Waals surface area contributed by atoms with Gasteiger partial charge in [-0.05, 0) is 214 Å². The number of aromatic nitrogens is 5. The maximum Gasteiger partial charge on any atom is 0.340 e. The smallest absolute Gasteiger partial charge is 0.340 e. The van der Waals surface area contributed by atoms with E-state index in [-0.39, 0.29) is 43.1 Å². The minimum atomic E-state index is -0.742. The van der Waals surface area contributed by atoms with Gasteiger partial charge in [-0.3, -0.25) is 9.20 Å². The Hall–Kier alpha value is -14.8. The lowest BCUT2D eigenvalue weighted by Gasteiger charge is -2.21. The second kappa shape index (κ2) is 41.1. The predicted molar refractivity (Wildman–Crippen MR) is 538 cm³/mol. The first-order valence-corrected chi connectivity index (χ1v) is 45.3. The van der Waals surface area contributed by atoms with Crippen molar-refractivity contribution in [3.05, 3.63) is 446 Å². The molecule has 2 aliphatic rings.